The Hall–Kier alpha value is -2.04. The minimum atomic E-state index is -0.0181. The van der Waals surface area contributed by atoms with E-state index < -0.39 is 0 Å². The summed E-state index contributed by atoms with van der Waals surface area (Å²) in [6, 6.07) is 3.91. The van der Waals surface area contributed by atoms with Crippen LogP contribution in [0.3, 0.4) is 0 Å². The van der Waals surface area contributed by atoms with Crippen molar-refractivity contribution in [3.8, 4) is 11.5 Å². The molecule has 94 valence electrons. The molecule has 3 rings (SSSR count). The third kappa shape index (κ3) is 1.54. The van der Waals surface area contributed by atoms with Crippen LogP contribution < -0.4 is 14.9 Å². The van der Waals surface area contributed by atoms with Gasteiger partial charge in [0.1, 0.15) is 0 Å². The Balaban J connectivity index is 2.08. The quantitative estimate of drug-likeness (QED) is 0.850. The van der Waals surface area contributed by atoms with Crippen LogP contribution in [0, 0.1) is 5.92 Å². The minimum Gasteiger partial charge on any atom is -0.493 e. The largest absolute Gasteiger partial charge is 0.493 e. The molecule has 1 aromatic rings. The van der Waals surface area contributed by atoms with E-state index in [0.29, 0.717) is 12.2 Å². The van der Waals surface area contributed by atoms with E-state index in [1.54, 1.807) is 14.2 Å². The number of hydrogen-bond donors (Lipinski definition) is 1. The van der Waals surface area contributed by atoms with E-state index in [1.807, 2.05) is 12.1 Å². The van der Waals surface area contributed by atoms with Gasteiger partial charge in [0.05, 0.1) is 19.9 Å². The molecule has 1 amide bonds. The summed E-state index contributed by atoms with van der Waals surface area (Å²) in [5, 5.41) is 4.17. The summed E-state index contributed by atoms with van der Waals surface area (Å²) in [4.78, 5) is 11.3. The monoisotopic (exact) mass is 246 g/mol. The average molecular weight is 246 g/mol. The number of benzene rings is 1. The lowest BCUT2D eigenvalue weighted by molar-refractivity contribution is -0.121. The van der Waals surface area contributed by atoms with Crippen LogP contribution in [0.1, 0.15) is 17.5 Å². The summed E-state index contributed by atoms with van der Waals surface area (Å²) in [6.07, 6.45) is 1.33. The van der Waals surface area contributed by atoms with Crippen molar-refractivity contribution in [2.45, 2.75) is 12.8 Å². The molecule has 0 saturated heterocycles. The van der Waals surface area contributed by atoms with Crippen LogP contribution in [0.4, 0.5) is 0 Å². The maximum Gasteiger partial charge on any atom is 0.240 e. The first-order valence-corrected chi connectivity index (χ1v) is 5.84. The van der Waals surface area contributed by atoms with Gasteiger partial charge in [0.15, 0.2) is 11.5 Å². The second-order valence-electron chi connectivity index (χ2n) is 4.50. The van der Waals surface area contributed by atoms with Gasteiger partial charge in [0.2, 0.25) is 5.91 Å². The summed E-state index contributed by atoms with van der Waals surface area (Å²) in [5.41, 5.74) is 5.70. The predicted molar refractivity (Wildman–Crippen MR) is 66.0 cm³/mol. The summed E-state index contributed by atoms with van der Waals surface area (Å²) in [6.45, 7) is 0. The molecular formula is C13H14N2O3. The lowest BCUT2D eigenvalue weighted by Gasteiger charge is -2.15. The standard InChI is InChI=1S/C13H14N2O3/c1-17-10-4-7-3-8-5-12(16)14-15-13(8)9(7)6-11(10)18-2/h4,6,8H,3,5H2,1-2H3,(H,14,16). The molecular weight excluding hydrogens is 232 g/mol. The van der Waals surface area contributed by atoms with Crippen molar-refractivity contribution in [2.24, 2.45) is 11.0 Å². The van der Waals surface area contributed by atoms with Gasteiger partial charge in [-0.3, -0.25) is 4.79 Å². The molecule has 18 heavy (non-hydrogen) atoms. The van der Waals surface area contributed by atoms with Crippen molar-refractivity contribution in [1.29, 1.82) is 0 Å². The van der Waals surface area contributed by atoms with Crippen molar-refractivity contribution in [3.05, 3.63) is 23.3 Å². The fourth-order valence-corrected chi connectivity index (χ4v) is 2.62. The molecule has 1 aliphatic carbocycles. The molecule has 2 aliphatic rings. The van der Waals surface area contributed by atoms with Crippen molar-refractivity contribution in [2.75, 3.05) is 14.2 Å². The van der Waals surface area contributed by atoms with Gasteiger partial charge in [-0.05, 0) is 24.1 Å². The molecule has 0 bridgehead atoms. The van der Waals surface area contributed by atoms with Crippen LogP contribution in [-0.2, 0) is 11.2 Å². The SMILES string of the molecule is COc1cc2c(cc1OC)C1=NNC(=O)CC1C2. The maximum absolute atomic E-state index is 11.3. The molecule has 0 saturated carbocycles. The normalized spacial score (nSPS) is 20.7. The second kappa shape index (κ2) is 4.01. The first kappa shape index (κ1) is 11.1. The second-order valence-corrected chi connectivity index (χ2v) is 4.50. The highest BCUT2D eigenvalue weighted by atomic mass is 16.5. The van der Waals surface area contributed by atoms with E-state index in [2.05, 4.69) is 10.5 Å². The highest BCUT2D eigenvalue weighted by Crippen LogP contribution is 2.38. The first-order valence-electron chi connectivity index (χ1n) is 5.84. The summed E-state index contributed by atoms with van der Waals surface area (Å²) >= 11 is 0. The summed E-state index contributed by atoms with van der Waals surface area (Å²) in [7, 11) is 3.23. The minimum absolute atomic E-state index is 0.0181. The Morgan fingerprint density at radius 3 is 2.67 bits per heavy atom. The number of carbonyl (C=O) groups excluding carboxylic acids is 1. The van der Waals surface area contributed by atoms with Gasteiger partial charge in [-0.25, -0.2) is 5.43 Å². The zero-order valence-electron chi connectivity index (χ0n) is 10.3. The molecule has 5 heteroatoms. The smallest absolute Gasteiger partial charge is 0.240 e. The summed E-state index contributed by atoms with van der Waals surface area (Å²) in [5.74, 6) is 1.58. The number of amides is 1. The van der Waals surface area contributed by atoms with Crippen LogP contribution in [-0.4, -0.2) is 25.8 Å². The van der Waals surface area contributed by atoms with Crippen molar-refractivity contribution < 1.29 is 14.3 Å². The van der Waals surface area contributed by atoms with E-state index in [9.17, 15) is 4.79 Å². The number of hydrazone groups is 1. The molecule has 0 radical (unpaired) electrons. The van der Waals surface area contributed by atoms with Gasteiger partial charge in [-0.2, -0.15) is 5.10 Å². The Kier molecular flexibility index (Phi) is 2.47. The molecule has 5 nitrogen and oxygen atoms in total. The van der Waals surface area contributed by atoms with Crippen molar-refractivity contribution in [1.82, 2.24) is 5.43 Å². The van der Waals surface area contributed by atoms with Crippen LogP contribution in [0.15, 0.2) is 17.2 Å². The molecule has 1 atom stereocenters. The maximum atomic E-state index is 11.3. The van der Waals surface area contributed by atoms with Crippen LogP contribution >= 0.6 is 0 Å². The lowest BCUT2D eigenvalue weighted by atomic mass is 9.99. The van der Waals surface area contributed by atoms with E-state index >= 15 is 0 Å². The number of rotatable bonds is 2. The summed E-state index contributed by atoms with van der Waals surface area (Å²) < 4.78 is 10.6. The molecule has 1 aromatic carbocycles. The molecule has 1 unspecified atom stereocenters. The number of methoxy groups -OCH3 is 2. The van der Waals surface area contributed by atoms with E-state index in [-0.39, 0.29) is 11.8 Å². The lowest BCUT2D eigenvalue weighted by Crippen LogP contribution is -2.31. The van der Waals surface area contributed by atoms with Gasteiger partial charge in [0.25, 0.3) is 0 Å². The third-order valence-corrected chi connectivity index (χ3v) is 3.47. The molecule has 0 aromatic heterocycles. The predicted octanol–water partition coefficient (Wildman–Crippen LogP) is 1.10. The number of fused-ring (bicyclic) bond motifs is 3. The Morgan fingerprint density at radius 1 is 1.22 bits per heavy atom. The number of hydrogen-bond acceptors (Lipinski definition) is 4. The third-order valence-electron chi connectivity index (χ3n) is 3.47. The molecule has 1 N–H and O–H groups in total. The first-order chi connectivity index (χ1) is 8.72. The zero-order chi connectivity index (χ0) is 12.7. The van der Waals surface area contributed by atoms with E-state index in [4.69, 9.17) is 9.47 Å². The highest BCUT2D eigenvalue weighted by Gasteiger charge is 2.34. The molecule has 1 aliphatic heterocycles. The van der Waals surface area contributed by atoms with Gasteiger partial charge in [0, 0.05) is 17.9 Å². The van der Waals surface area contributed by atoms with Gasteiger partial charge in [-0.1, -0.05) is 0 Å². The molecule has 0 fully saturated rings. The van der Waals surface area contributed by atoms with Crippen molar-refractivity contribution >= 4 is 11.6 Å². The number of nitrogens with zero attached hydrogens (tertiary/aromatic N) is 1. The fourth-order valence-electron chi connectivity index (χ4n) is 2.62. The van der Waals surface area contributed by atoms with Gasteiger partial charge >= 0.3 is 0 Å². The Labute approximate surface area is 105 Å². The Bertz CT molecular complexity index is 551. The number of nitrogens with one attached hydrogen (secondary N) is 1. The van der Waals surface area contributed by atoms with Crippen LogP contribution in [0.25, 0.3) is 0 Å². The molecule has 1 heterocycles. The van der Waals surface area contributed by atoms with Crippen LogP contribution in [0.2, 0.25) is 0 Å². The van der Waals surface area contributed by atoms with Crippen LogP contribution in [0.5, 0.6) is 11.5 Å². The molecule has 0 spiro atoms. The highest BCUT2D eigenvalue weighted by molar-refractivity contribution is 6.09. The average Bonchev–Trinajstić information content (AvgIpc) is 2.73. The van der Waals surface area contributed by atoms with E-state index in [0.717, 1.165) is 29.0 Å². The Morgan fingerprint density at radius 2 is 1.94 bits per heavy atom. The zero-order valence-corrected chi connectivity index (χ0v) is 10.3. The fraction of sp³-hybridized carbons (Fsp3) is 0.385. The number of carbonyl (C=O) groups is 1. The van der Waals surface area contributed by atoms with Crippen molar-refractivity contribution in [3.63, 3.8) is 0 Å². The topological polar surface area (TPSA) is 59.9 Å². The van der Waals surface area contributed by atoms with E-state index in [1.165, 1.54) is 0 Å². The number of ether oxygens (including phenoxy) is 2. The van der Waals surface area contributed by atoms with Gasteiger partial charge in [-0.15, -0.1) is 0 Å². The van der Waals surface area contributed by atoms with Gasteiger partial charge < -0.3 is 9.47 Å².